The van der Waals surface area contributed by atoms with E-state index in [4.69, 9.17) is 0 Å². The Hall–Kier alpha value is -0.550. The van der Waals surface area contributed by atoms with E-state index in [1.807, 2.05) is 0 Å². The maximum absolute atomic E-state index is 14.1. The van der Waals surface area contributed by atoms with E-state index in [0.717, 1.165) is 44.1 Å². The molecule has 1 aromatic carbocycles. The van der Waals surface area contributed by atoms with Gasteiger partial charge in [-0.05, 0) is 18.4 Å². The summed E-state index contributed by atoms with van der Waals surface area (Å²) in [4.78, 5) is 2.38. The quantitative estimate of drug-likeness (QED) is 0.886. The maximum Gasteiger partial charge on any atom is 0.131 e. The van der Waals surface area contributed by atoms with Crippen molar-refractivity contribution in [2.75, 3.05) is 26.2 Å². The van der Waals surface area contributed by atoms with Gasteiger partial charge in [-0.15, -0.1) is 24.8 Å². The summed E-state index contributed by atoms with van der Waals surface area (Å²) in [7, 11) is 0. The third-order valence-corrected chi connectivity index (χ3v) is 4.19. The predicted octanol–water partition coefficient (Wildman–Crippen LogP) is 3.12. The number of aromatic hydroxyl groups is 1. The summed E-state index contributed by atoms with van der Waals surface area (Å²) in [6, 6.07) is 4.74. The van der Waals surface area contributed by atoms with E-state index in [-0.39, 0.29) is 42.4 Å². The molecule has 6 heteroatoms. The summed E-state index contributed by atoms with van der Waals surface area (Å²) in [6.07, 6.45) is 3.60. The van der Waals surface area contributed by atoms with Crippen molar-refractivity contribution in [3.8, 4) is 5.75 Å². The summed E-state index contributed by atoms with van der Waals surface area (Å²) in [5.41, 5.74) is 0.742. The number of benzene rings is 1. The summed E-state index contributed by atoms with van der Waals surface area (Å²) < 4.78 is 14.1. The number of phenols is 1. The second-order valence-electron chi connectivity index (χ2n) is 5.69. The average Bonchev–Trinajstić information content (AvgIpc) is 3.22. The van der Waals surface area contributed by atoms with Crippen LogP contribution >= 0.6 is 24.8 Å². The average molecular weight is 337 g/mol. The highest BCUT2D eigenvalue weighted by Crippen LogP contribution is 2.41. The van der Waals surface area contributed by atoms with Gasteiger partial charge in [0.2, 0.25) is 0 Å². The maximum atomic E-state index is 14.1. The van der Waals surface area contributed by atoms with Gasteiger partial charge in [0.05, 0.1) is 0 Å². The van der Waals surface area contributed by atoms with Crippen LogP contribution in [0.2, 0.25) is 0 Å². The number of rotatable bonds is 4. The van der Waals surface area contributed by atoms with Gasteiger partial charge in [-0.2, -0.15) is 0 Å². The first-order valence-electron chi connectivity index (χ1n) is 7.17. The molecule has 0 unspecified atom stereocenters. The van der Waals surface area contributed by atoms with Gasteiger partial charge in [0.25, 0.3) is 0 Å². The molecule has 1 saturated carbocycles. The van der Waals surface area contributed by atoms with Crippen LogP contribution in [0.25, 0.3) is 0 Å². The molecule has 2 aliphatic rings. The van der Waals surface area contributed by atoms with Gasteiger partial charge in [0, 0.05) is 43.9 Å². The lowest BCUT2D eigenvalue weighted by molar-refractivity contribution is 0.157. The standard InChI is InChI=1S/C15H21FN2O.2ClH/c16-14-10-12(19)3-4-13(14)15(9-11-1-2-11)18-7-5-17-6-8-18;;/h3-4,10-11,15,17,19H,1-2,5-9H2;2*1H/t15-;;/m0../s1. The largest absolute Gasteiger partial charge is 0.508 e. The van der Waals surface area contributed by atoms with E-state index in [0.29, 0.717) is 0 Å². The van der Waals surface area contributed by atoms with Crippen molar-refractivity contribution in [3.63, 3.8) is 0 Å². The van der Waals surface area contributed by atoms with Gasteiger partial charge < -0.3 is 10.4 Å². The first-order chi connectivity index (χ1) is 9.24. The molecule has 0 radical (unpaired) electrons. The zero-order chi connectivity index (χ0) is 13.2. The lowest BCUT2D eigenvalue weighted by atomic mass is 9.98. The monoisotopic (exact) mass is 336 g/mol. The van der Waals surface area contributed by atoms with Crippen LogP contribution in [-0.2, 0) is 0 Å². The molecule has 21 heavy (non-hydrogen) atoms. The molecule has 2 N–H and O–H groups in total. The first-order valence-corrected chi connectivity index (χ1v) is 7.17. The van der Waals surface area contributed by atoms with Crippen molar-refractivity contribution in [1.82, 2.24) is 10.2 Å². The molecule has 1 atom stereocenters. The molecule has 0 spiro atoms. The molecule has 0 aromatic heterocycles. The van der Waals surface area contributed by atoms with Gasteiger partial charge in [-0.25, -0.2) is 4.39 Å². The van der Waals surface area contributed by atoms with Crippen molar-refractivity contribution in [1.29, 1.82) is 0 Å². The Bertz CT molecular complexity index is 451. The fourth-order valence-corrected chi connectivity index (χ4v) is 2.92. The highest BCUT2D eigenvalue weighted by Gasteiger charge is 2.31. The number of phenolic OH excluding ortho intramolecular Hbond substituents is 1. The van der Waals surface area contributed by atoms with Gasteiger partial charge in [-0.3, -0.25) is 4.90 Å². The number of nitrogens with zero attached hydrogens (tertiary/aromatic N) is 1. The number of hydrogen-bond acceptors (Lipinski definition) is 3. The van der Waals surface area contributed by atoms with Crippen LogP contribution in [0.15, 0.2) is 18.2 Å². The topological polar surface area (TPSA) is 35.5 Å². The normalized spacial score (nSPS) is 20.2. The Morgan fingerprint density at radius 1 is 1.24 bits per heavy atom. The minimum atomic E-state index is -0.274. The van der Waals surface area contributed by atoms with Crippen molar-refractivity contribution >= 4 is 24.8 Å². The fourth-order valence-electron chi connectivity index (χ4n) is 2.92. The lowest BCUT2D eigenvalue weighted by Gasteiger charge is -2.35. The third-order valence-electron chi connectivity index (χ3n) is 4.19. The van der Waals surface area contributed by atoms with E-state index in [9.17, 15) is 9.50 Å². The van der Waals surface area contributed by atoms with Crippen LogP contribution in [0.1, 0.15) is 30.9 Å². The van der Waals surface area contributed by atoms with Crippen LogP contribution in [0.4, 0.5) is 4.39 Å². The van der Waals surface area contributed by atoms with Crippen molar-refractivity contribution < 1.29 is 9.50 Å². The molecule has 1 saturated heterocycles. The highest BCUT2D eigenvalue weighted by molar-refractivity contribution is 5.85. The van der Waals surface area contributed by atoms with Crippen LogP contribution in [0.5, 0.6) is 5.75 Å². The molecule has 0 bridgehead atoms. The van der Waals surface area contributed by atoms with Gasteiger partial charge in [-0.1, -0.05) is 18.9 Å². The minimum absolute atomic E-state index is 0. The Kier molecular flexibility index (Phi) is 7.21. The minimum Gasteiger partial charge on any atom is -0.508 e. The van der Waals surface area contributed by atoms with Gasteiger partial charge in [0.15, 0.2) is 0 Å². The zero-order valence-corrected chi connectivity index (χ0v) is 13.6. The molecule has 1 aliphatic carbocycles. The van der Waals surface area contributed by atoms with Crippen LogP contribution in [0.3, 0.4) is 0 Å². The molecule has 3 nitrogen and oxygen atoms in total. The van der Waals surface area contributed by atoms with E-state index in [1.54, 1.807) is 12.1 Å². The lowest BCUT2D eigenvalue weighted by Crippen LogP contribution is -2.45. The van der Waals surface area contributed by atoms with E-state index in [2.05, 4.69) is 10.2 Å². The summed E-state index contributed by atoms with van der Waals surface area (Å²) in [5, 5.41) is 12.7. The first kappa shape index (κ1) is 18.5. The van der Waals surface area contributed by atoms with Crippen molar-refractivity contribution in [2.45, 2.75) is 25.3 Å². The predicted molar refractivity (Wildman–Crippen MR) is 87.1 cm³/mol. The molecule has 120 valence electrons. The Balaban J connectivity index is 0.00000110. The molecule has 0 amide bonds. The number of hydrogen-bond donors (Lipinski definition) is 2. The Morgan fingerprint density at radius 3 is 2.48 bits per heavy atom. The Labute approximate surface area is 137 Å². The molecule has 1 heterocycles. The molecule has 1 aliphatic heterocycles. The third kappa shape index (κ3) is 4.71. The second-order valence-corrected chi connectivity index (χ2v) is 5.69. The van der Waals surface area contributed by atoms with Crippen molar-refractivity contribution in [2.24, 2.45) is 5.92 Å². The van der Waals surface area contributed by atoms with E-state index >= 15 is 0 Å². The van der Waals surface area contributed by atoms with E-state index < -0.39 is 0 Å². The van der Waals surface area contributed by atoms with Crippen LogP contribution in [0, 0.1) is 11.7 Å². The van der Waals surface area contributed by atoms with Crippen LogP contribution in [-0.4, -0.2) is 36.2 Å². The molecule has 2 fully saturated rings. The molecular weight excluding hydrogens is 314 g/mol. The number of halogens is 3. The SMILES string of the molecule is Cl.Cl.Oc1ccc([C@H](CC2CC2)N2CCNCC2)c(F)c1. The summed E-state index contributed by atoms with van der Waals surface area (Å²) in [5.74, 6) is 0.490. The zero-order valence-electron chi connectivity index (χ0n) is 11.9. The van der Waals surface area contributed by atoms with Crippen molar-refractivity contribution in [3.05, 3.63) is 29.6 Å². The number of nitrogens with one attached hydrogen (secondary N) is 1. The van der Waals surface area contributed by atoms with Gasteiger partial charge in [0.1, 0.15) is 11.6 Å². The Morgan fingerprint density at radius 2 is 1.90 bits per heavy atom. The summed E-state index contributed by atoms with van der Waals surface area (Å²) in [6.45, 7) is 3.89. The van der Waals surface area contributed by atoms with E-state index in [1.165, 1.54) is 18.9 Å². The smallest absolute Gasteiger partial charge is 0.131 e. The molecule has 1 aromatic rings. The second kappa shape index (κ2) is 8.18. The molecule has 3 rings (SSSR count). The molecular formula is C15H23Cl2FN2O. The van der Waals surface area contributed by atoms with Crippen LogP contribution < -0.4 is 5.32 Å². The highest BCUT2D eigenvalue weighted by atomic mass is 35.5. The number of piperazine rings is 1. The fraction of sp³-hybridized carbons (Fsp3) is 0.600. The summed E-state index contributed by atoms with van der Waals surface area (Å²) >= 11 is 0. The van der Waals surface area contributed by atoms with Gasteiger partial charge >= 0.3 is 0 Å².